The van der Waals surface area contributed by atoms with E-state index in [-0.39, 0.29) is 0 Å². The molecule has 0 radical (unpaired) electrons. The van der Waals surface area contributed by atoms with Gasteiger partial charge in [0, 0.05) is 44.2 Å². The summed E-state index contributed by atoms with van der Waals surface area (Å²) in [4.78, 5) is 5.14. The van der Waals surface area contributed by atoms with Crippen LogP contribution in [0.25, 0.3) is 10.4 Å². The van der Waals surface area contributed by atoms with E-state index in [1.807, 2.05) is 13.0 Å². The molecule has 1 rings (SSSR count). The Labute approximate surface area is 84.4 Å². The van der Waals surface area contributed by atoms with E-state index in [9.17, 15) is 0 Å². The van der Waals surface area contributed by atoms with E-state index in [0.29, 0.717) is 6.54 Å². The number of rotatable bonds is 4. The fourth-order valence-electron chi connectivity index (χ4n) is 1.51. The molecular formula is C9H17N5. The van der Waals surface area contributed by atoms with Gasteiger partial charge in [0.15, 0.2) is 0 Å². The number of hydrogen-bond donors (Lipinski definition) is 1. The Hall–Kier alpha value is -1.03. The zero-order valence-corrected chi connectivity index (χ0v) is 8.61. The van der Waals surface area contributed by atoms with Gasteiger partial charge in [0.05, 0.1) is 0 Å². The van der Waals surface area contributed by atoms with Crippen molar-refractivity contribution in [2.24, 2.45) is 5.11 Å². The van der Waals surface area contributed by atoms with Gasteiger partial charge in [-0.2, -0.15) is 0 Å². The number of hydrogen-bond acceptors (Lipinski definition) is 3. The maximum absolute atomic E-state index is 8.22. The van der Waals surface area contributed by atoms with Crippen molar-refractivity contribution in [2.45, 2.75) is 6.92 Å². The predicted molar refractivity (Wildman–Crippen MR) is 57.1 cm³/mol. The molecule has 1 fully saturated rings. The van der Waals surface area contributed by atoms with Crippen LogP contribution < -0.4 is 5.32 Å². The fourth-order valence-corrected chi connectivity index (χ4v) is 1.51. The Kier molecular flexibility index (Phi) is 5.07. The number of allylic oxidation sites excluding steroid dienone is 1. The highest BCUT2D eigenvalue weighted by Gasteiger charge is 2.09. The van der Waals surface area contributed by atoms with Gasteiger partial charge < -0.3 is 5.32 Å². The molecule has 0 saturated carbocycles. The third-order valence-electron chi connectivity index (χ3n) is 2.38. The molecule has 0 spiro atoms. The van der Waals surface area contributed by atoms with E-state index in [0.717, 1.165) is 32.7 Å². The molecule has 0 aliphatic carbocycles. The molecule has 0 bridgehead atoms. The number of piperazine rings is 1. The summed E-state index contributed by atoms with van der Waals surface area (Å²) in [6, 6.07) is 0. The third kappa shape index (κ3) is 3.79. The highest BCUT2D eigenvalue weighted by Crippen LogP contribution is 2.01. The molecule has 0 atom stereocenters. The maximum atomic E-state index is 8.22. The predicted octanol–water partition coefficient (Wildman–Crippen LogP) is 1.15. The van der Waals surface area contributed by atoms with Crippen LogP contribution in [0.1, 0.15) is 6.92 Å². The number of nitrogens with zero attached hydrogens (tertiary/aromatic N) is 4. The molecular weight excluding hydrogens is 178 g/mol. The number of azide groups is 1. The van der Waals surface area contributed by atoms with E-state index in [1.165, 1.54) is 5.57 Å². The smallest absolute Gasteiger partial charge is 0.0482 e. The van der Waals surface area contributed by atoms with Crippen molar-refractivity contribution in [3.05, 3.63) is 22.1 Å². The second-order valence-corrected chi connectivity index (χ2v) is 3.36. The van der Waals surface area contributed by atoms with Gasteiger partial charge in [0.25, 0.3) is 0 Å². The second-order valence-electron chi connectivity index (χ2n) is 3.36. The first kappa shape index (κ1) is 11.0. The second kappa shape index (κ2) is 6.43. The summed E-state index contributed by atoms with van der Waals surface area (Å²) in [6.45, 7) is 7.68. The first-order valence-corrected chi connectivity index (χ1v) is 4.95. The molecule has 0 amide bonds. The molecule has 0 aromatic carbocycles. The lowest BCUT2D eigenvalue weighted by atomic mass is 10.2. The Morgan fingerprint density at radius 3 is 2.86 bits per heavy atom. The summed E-state index contributed by atoms with van der Waals surface area (Å²) in [5.41, 5.74) is 9.42. The minimum Gasteiger partial charge on any atom is -0.314 e. The van der Waals surface area contributed by atoms with Crippen LogP contribution in [0.5, 0.6) is 0 Å². The summed E-state index contributed by atoms with van der Waals surface area (Å²) >= 11 is 0. The van der Waals surface area contributed by atoms with Crippen LogP contribution in [0, 0.1) is 0 Å². The lowest BCUT2D eigenvalue weighted by Gasteiger charge is -2.27. The van der Waals surface area contributed by atoms with Crippen molar-refractivity contribution < 1.29 is 0 Å². The van der Waals surface area contributed by atoms with Crippen LogP contribution in [0.15, 0.2) is 16.8 Å². The molecule has 1 saturated heterocycles. The van der Waals surface area contributed by atoms with Gasteiger partial charge in [-0.1, -0.05) is 16.8 Å². The highest BCUT2D eigenvalue weighted by atomic mass is 15.2. The van der Waals surface area contributed by atoms with E-state index in [1.54, 1.807) is 0 Å². The molecule has 5 heteroatoms. The minimum atomic E-state index is 0.497. The normalized spacial score (nSPS) is 19.1. The first-order chi connectivity index (χ1) is 6.86. The van der Waals surface area contributed by atoms with Crippen LogP contribution >= 0.6 is 0 Å². The Morgan fingerprint density at radius 1 is 1.57 bits per heavy atom. The van der Waals surface area contributed by atoms with Crippen molar-refractivity contribution >= 4 is 0 Å². The van der Waals surface area contributed by atoms with Crippen molar-refractivity contribution in [3.63, 3.8) is 0 Å². The zero-order valence-electron chi connectivity index (χ0n) is 8.61. The molecule has 0 aromatic rings. The average molecular weight is 195 g/mol. The molecule has 1 aliphatic rings. The van der Waals surface area contributed by atoms with Crippen LogP contribution in [0.4, 0.5) is 0 Å². The SMILES string of the molecule is C/C=C(\CN=[N+]=[N-])CN1CCNCC1. The summed E-state index contributed by atoms with van der Waals surface area (Å²) < 4.78 is 0. The van der Waals surface area contributed by atoms with Gasteiger partial charge in [-0.25, -0.2) is 0 Å². The van der Waals surface area contributed by atoms with Gasteiger partial charge in [-0.05, 0) is 12.5 Å². The van der Waals surface area contributed by atoms with Crippen LogP contribution in [0.2, 0.25) is 0 Å². The van der Waals surface area contributed by atoms with Gasteiger partial charge in [0.1, 0.15) is 0 Å². The lowest BCUT2D eigenvalue weighted by Crippen LogP contribution is -2.44. The van der Waals surface area contributed by atoms with Gasteiger partial charge >= 0.3 is 0 Å². The summed E-state index contributed by atoms with van der Waals surface area (Å²) in [7, 11) is 0. The molecule has 78 valence electrons. The zero-order chi connectivity index (χ0) is 10.2. The highest BCUT2D eigenvalue weighted by molar-refractivity contribution is 5.05. The van der Waals surface area contributed by atoms with Crippen molar-refractivity contribution in [1.82, 2.24) is 10.2 Å². The molecule has 1 aliphatic heterocycles. The summed E-state index contributed by atoms with van der Waals surface area (Å²) in [5, 5.41) is 6.88. The van der Waals surface area contributed by atoms with E-state index < -0.39 is 0 Å². The van der Waals surface area contributed by atoms with Crippen LogP contribution in [0.3, 0.4) is 0 Å². The average Bonchev–Trinajstić information content (AvgIpc) is 2.25. The fraction of sp³-hybridized carbons (Fsp3) is 0.778. The third-order valence-corrected chi connectivity index (χ3v) is 2.38. The lowest BCUT2D eigenvalue weighted by molar-refractivity contribution is 0.259. The Morgan fingerprint density at radius 2 is 2.29 bits per heavy atom. The van der Waals surface area contributed by atoms with Gasteiger partial charge in [-0.3, -0.25) is 4.90 Å². The van der Waals surface area contributed by atoms with Gasteiger partial charge in [0.2, 0.25) is 0 Å². The molecule has 14 heavy (non-hydrogen) atoms. The first-order valence-electron chi connectivity index (χ1n) is 4.95. The van der Waals surface area contributed by atoms with Crippen LogP contribution in [-0.4, -0.2) is 44.2 Å². The van der Waals surface area contributed by atoms with Crippen molar-refractivity contribution in [2.75, 3.05) is 39.3 Å². The van der Waals surface area contributed by atoms with E-state index in [2.05, 4.69) is 20.2 Å². The molecule has 0 aromatic heterocycles. The number of nitrogens with one attached hydrogen (secondary N) is 1. The molecule has 0 unspecified atom stereocenters. The Bertz CT molecular complexity index is 236. The molecule has 1 N–H and O–H groups in total. The van der Waals surface area contributed by atoms with E-state index in [4.69, 9.17) is 5.53 Å². The maximum Gasteiger partial charge on any atom is 0.0482 e. The van der Waals surface area contributed by atoms with Crippen molar-refractivity contribution in [1.29, 1.82) is 0 Å². The van der Waals surface area contributed by atoms with Crippen LogP contribution in [-0.2, 0) is 0 Å². The topological polar surface area (TPSA) is 64.0 Å². The molecule has 1 heterocycles. The minimum absolute atomic E-state index is 0.497. The largest absolute Gasteiger partial charge is 0.314 e. The molecule has 5 nitrogen and oxygen atoms in total. The standard InChI is InChI=1S/C9H17N5/c1-2-9(7-12-13-10)8-14-5-3-11-4-6-14/h2,11H,3-8H2,1H3/b9-2+. The Balaban J connectivity index is 2.35. The monoisotopic (exact) mass is 195 g/mol. The summed E-state index contributed by atoms with van der Waals surface area (Å²) in [5.74, 6) is 0. The van der Waals surface area contributed by atoms with E-state index >= 15 is 0 Å². The quantitative estimate of drug-likeness (QED) is 0.316. The van der Waals surface area contributed by atoms with Gasteiger partial charge in [-0.15, -0.1) is 0 Å². The summed E-state index contributed by atoms with van der Waals surface area (Å²) in [6.07, 6.45) is 2.04. The van der Waals surface area contributed by atoms with Crippen molar-refractivity contribution in [3.8, 4) is 0 Å².